The second kappa shape index (κ2) is 5.50. The number of nitrogens with zero attached hydrogens (tertiary/aromatic N) is 1. The Morgan fingerprint density at radius 1 is 1.75 bits per heavy atom. The van der Waals surface area contributed by atoms with E-state index < -0.39 is 6.10 Å². The van der Waals surface area contributed by atoms with E-state index in [2.05, 4.69) is 10.4 Å². The highest BCUT2D eigenvalue weighted by Crippen LogP contribution is 1.92. The number of hydrogen-bond donors (Lipinski definition) is 4. The molecule has 6 N–H and O–H groups in total. The molecule has 0 aliphatic carbocycles. The number of carbonyl (C=O) groups excluding carboxylic acids is 1. The number of aliphatic hydroxyl groups is 1. The molecule has 70 valence electrons. The van der Waals surface area contributed by atoms with Gasteiger partial charge >= 0.3 is 0 Å². The van der Waals surface area contributed by atoms with Crippen LogP contribution in [0.5, 0.6) is 0 Å². The van der Waals surface area contributed by atoms with Gasteiger partial charge in [0.15, 0.2) is 5.78 Å². The van der Waals surface area contributed by atoms with Crippen LogP contribution in [0.15, 0.2) is 4.99 Å². The Morgan fingerprint density at radius 3 is 2.75 bits per heavy atom. The van der Waals surface area contributed by atoms with E-state index in [0.29, 0.717) is 0 Å². The van der Waals surface area contributed by atoms with Crippen molar-refractivity contribution in [3.63, 3.8) is 0 Å². The van der Waals surface area contributed by atoms with Crippen molar-refractivity contribution in [3.8, 4) is 0 Å². The summed E-state index contributed by atoms with van der Waals surface area (Å²) >= 11 is 0. The van der Waals surface area contributed by atoms with Crippen molar-refractivity contribution >= 4 is 11.7 Å². The second-order valence-electron chi connectivity index (χ2n) is 2.33. The van der Waals surface area contributed by atoms with E-state index in [0.717, 1.165) is 0 Å². The average Bonchev–Trinajstić information content (AvgIpc) is 2.03. The number of nitrogens with one attached hydrogen (secondary N) is 1. The first-order valence-corrected chi connectivity index (χ1v) is 3.53. The predicted molar refractivity (Wildman–Crippen MR) is 45.1 cm³/mol. The van der Waals surface area contributed by atoms with E-state index in [-0.39, 0.29) is 24.7 Å². The molecule has 0 fully saturated rings. The molecule has 0 aliphatic heterocycles. The van der Waals surface area contributed by atoms with Gasteiger partial charge in [-0.2, -0.15) is 0 Å². The first-order chi connectivity index (χ1) is 5.57. The number of Topliss-reactive ketones (excluding diaryl/α,β-unsaturated/α-hetero) is 1. The molecule has 0 amide bonds. The minimum Gasteiger partial charge on any atom is -0.385 e. The number of hydrogen-bond acceptors (Lipinski definition) is 4. The first-order valence-electron chi connectivity index (χ1n) is 3.53. The van der Waals surface area contributed by atoms with Crippen molar-refractivity contribution in [2.75, 3.05) is 6.54 Å². The normalized spacial score (nSPS) is 14.1. The number of hydrazine groups is 1. The first kappa shape index (κ1) is 10.9. The minimum atomic E-state index is -0.959. The molecule has 1 unspecified atom stereocenters. The molecule has 0 aromatic rings. The third kappa shape index (κ3) is 4.64. The zero-order valence-electron chi connectivity index (χ0n) is 6.95. The summed E-state index contributed by atoms with van der Waals surface area (Å²) in [7, 11) is 0. The molecule has 6 nitrogen and oxygen atoms in total. The number of carbonyl (C=O) groups is 1. The van der Waals surface area contributed by atoms with Gasteiger partial charge in [-0.15, -0.1) is 0 Å². The molecular weight excluding hydrogens is 160 g/mol. The van der Waals surface area contributed by atoms with Gasteiger partial charge in [0.1, 0.15) is 6.10 Å². The number of aliphatic imine (C=N–C) groups is 1. The number of guanidine groups is 1. The van der Waals surface area contributed by atoms with Crippen LogP contribution in [0.4, 0.5) is 0 Å². The SMILES string of the molecule is CC(=O)C(O)CCN=C(N)NN. The van der Waals surface area contributed by atoms with Crippen LogP contribution in [0, 0.1) is 0 Å². The van der Waals surface area contributed by atoms with Crippen LogP contribution in [0.2, 0.25) is 0 Å². The van der Waals surface area contributed by atoms with Crippen LogP contribution in [-0.2, 0) is 4.79 Å². The lowest BCUT2D eigenvalue weighted by atomic mass is 10.2. The van der Waals surface area contributed by atoms with Gasteiger partial charge in [0.05, 0.1) is 0 Å². The molecule has 0 aromatic heterocycles. The smallest absolute Gasteiger partial charge is 0.203 e. The molecule has 0 bridgehead atoms. The van der Waals surface area contributed by atoms with Crippen LogP contribution < -0.4 is 17.0 Å². The van der Waals surface area contributed by atoms with Gasteiger partial charge in [0.2, 0.25) is 5.96 Å². The number of rotatable bonds is 4. The maximum atomic E-state index is 10.5. The monoisotopic (exact) mass is 174 g/mol. The Morgan fingerprint density at radius 2 is 2.33 bits per heavy atom. The summed E-state index contributed by atoms with van der Waals surface area (Å²) in [6, 6.07) is 0. The van der Waals surface area contributed by atoms with E-state index in [1.54, 1.807) is 0 Å². The van der Waals surface area contributed by atoms with Crippen molar-refractivity contribution in [1.29, 1.82) is 0 Å². The lowest BCUT2D eigenvalue weighted by molar-refractivity contribution is -0.125. The lowest BCUT2D eigenvalue weighted by Crippen LogP contribution is -2.37. The summed E-state index contributed by atoms with van der Waals surface area (Å²) in [4.78, 5) is 14.2. The molecule has 0 radical (unpaired) electrons. The molecule has 12 heavy (non-hydrogen) atoms. The fourth-order valence-corrected chi connectivity index (χ4v) is 0.556. The predicted octanol–water partition coefficient (Wildman–Crippen LogP) is -1.90. The van der Waals surface area contributed by atoms with E-state index in [1.807, 2.05) is 0 Å². The van der Waals surface area contributed by atoms with Gasteiger partial charge in [-0.3, -0.25) is 15.2 Å². The fourth-order valence-electron chi connectivity index (χ4n) is 0.556. The van der Waals surface area contributed by atoms with Gasteiger partial charge < -0.3 is 10.8 Å². The van der Waals surface area contributed by atoms with Crippen LogP contribution in [0.3, 0.4) is 0 Å². The zero-order chi connectivity index (χ0) is 9.56. The molecule has 0 heterocycles. The van der Waals surface area contributed by atoms with Crippen LogP contribution >= 0.6 is 0 Å². The van der Waals surface area contributed by atoms with E-state index in [4.69, 9.17) is 16.7 Å². The van der Waals surface area contributed by atoms with E-state index >= 15 is 0 Å². The van der Waals surface area contributed by atoms with E-state index in [9.17, 15) is 4.79 Å². The topological polar surface area (TPSA) is 114 Å². The summed E-state index contributed by atoms with van der Waals surface area (Å²) in [5.74, 6) is 4.73. The highest BCUT2D eigenvalue weighted by molar-refractivity contribution is 5.80. The summed E-state index contributed by atoms with van der Waals surface area (Å²) in [6.07, 6.45) is -0.697. The molecule has 0 saturated heterocycles. The van der Waals surface area contributed by atoms with Crippen molar-refractivity contribution in [2.45, 2.75) is 19.4 Å². The third-order valence-corrected chi connectivity index (χ3v) is 1.30. The summed E-state index contributed by atoms with van der Waals surface area (Å²) in [5.41, 5.74) is 7.31. The van der Waals surface area contributed by atoms with Crippen molar-refractivity contribution < 1.29 is 9.90 Å². The third-order valence-electron chi connectivity index (χ3n) is 1.30. The molecule has 0 saturated carbocycles. The lowest BCUT2D eigenvalue weighted by Gasteiger charge is -2.03. The summed E-state index contributed by atoms with van der Waals surface area (Å²) < 4.78 is 0. The standard InChI is InChI=1S/C6H14N4O2/c1-4(11)5(12)2-3-9-6(7)10-8/h5,12H,2-3,8H2,1H3,(H3,7,9,10). The van der Waals surface area contributed by atoms with Crippen LogP contribution in [0.25, 0.3) is 0 Å². The number of ketones is 1. The van der Waals surface area contributed by atoms with Gasteiger partial charge in [-0.05, 0) is 6.92 Å². The van der Waals surface area contributed by atoms with Gasteiger partial charge in [0.25, 0.3) is 0 Å². The second-order valence-corrected chi connectivity index (χ2v) is 2.33. The maximum Gasteiger partial charge on any atom is 0.203 e. The Bertz CT molecular complexity index is 180. The Kier molecular flexibility index (Phi) is 4.98. The van der Waals surface area contributed by atoms with Crippen molar-refractivity contribution in [3.05, 3.63) is 0 Å². The number of aliphatic hydroxyl groups excluding tert-OH is 1. The van der Waals surface area contributed by atoms with Gasteiger partial charge in [-0.25, -0.2) is 5.84 Å². The molecule has 0 aliphatic rings. The van der Waals surface area contributed by atoms with Crippen LogP contribution in [-0.4, -0.2) is 29.5 Å². The highest BCUT2D eigenvalue weighted by atomic mass is 16.3. The maximum absolute atomic E-state index is 10.5. The summed E-state index contributed by atoms with van der Waals surface area (Å²) in [6.45, 7) is 1.59. The molecule has 1 atom stereocenters. The minimum absolute atomic E-state index is 0.0887. The van der Waals surface area contributed by atoms with Crippen molar-refractivity contribution in [1.82, 2.24) is 5.43 Å². The van der Waals surface area contributed by atoms with Crippen molar-refractivity contribution in [2.24, 2.45) is 16.6 Å². The zero-order valence-corrected chi connectivity index (χ0v) is 6.95. The van der Waals surface area contributed by atoms with Gasteiger partial charge in [0, 0.05) is 13.0 Å². The van der Waals surface area contributed by atoms with Crippen LogP contribution in [0.1, 0.15) is 13.3 Å². The average molecular weight is 174 g/mol. The number of nitrogens with two attached hydrogens (primary N) is 2. The largest absolute Gasteiger partial charge is 0.385 e. The molecule has 0 aromatic carbocycles. The molecule has 6 heteroatoms. The quantitative estimate of drug-likeness (QED) is 0.172. The van der Waals surface area contributed by atoms with Gasteiger partial charge in [-0.1, -0.05) is 0 Å². The molecule has 0 spiro atoms. The molecular formula is C6H14N4O2. The Balaban J connectivity index is 3.62. The fraction of sp³-hybridized carbons (Fsp3) is 0.667. The summed E-state index contributed by atoms with van der Waals surface area (Å²) in [5, 5.41) is 9.00. The van der Waals surface area contributed by atoms with E-state index in [1.165, 1.54) is 6.92 Å². The molecule has 0 rings (SSSR count). The Hall–Kier alpha value is -1.14. The Labute approximate surface area is 70.6 Å². The highest BCUT2D eigenvalue weighted by Gasteiger charge is 2.07.